The van der Waals surface area contributed by atoms with Crippen molar-refractivity contribution in [1.29, 1.82) is 0 Å². The van der Waals surface area contributed by atoms with E-state index in [2.05, 4.69) is 9.44 Å². The Balaban J connectivity index is 1.93. The van der Waals surface area contributed by atoms with Crippen molar-refractivity contribution in [3.8, 4) is 11.5 Å². The number of nitrogens with zero attached hydrogens (tertiary/aromatic N) is 2. The second-order valence-electron chi connectivity index (χ2n) is 5.95. The van der Waals surface area contributed by atoms with Crippen molar-refractivity contribution in [3.63, 3.8) is 0 Å². The van der Waals surface area contributed by atoms with Crippen LogP contribution >= 0.6 is 0 Å². The number of benzene rings is 3. The van der Waals surface area contributed by atoms with Gasteiger partial charge in [0.2, 0.25) is 0 Å². The Labute approximate surface area is 175 Å². The van der Waals surface area contributed by atoms with Gasteiger partial charge in [-0.3, -0.25) is 0 Å². The predicted molar refractivity (Wildman–Crippen MR) is 113 cm³/mol. The molecule has 0 radical (unpaired) electrons. The van der Waals surface area contributed by atoms with Gasteiger partial charge in [-0.15, -0.1) is 0 Å². The molecule has 3 aromatic carbocycles. The van der Waals surface area contributed by atoms with Crippen LogP contribution in [0.25, 0.3) is 9.44 Å². The van der Waals surface area contributed by atoms with Crippen LogP contribution < -0.4 is 9.47 Å². The van der Waals surface area contributed by atoms with Crippen LogP contribution in [0.15, 0.2) is 82.6 Å². The molecule has 0 aliphatic heterocycles. The van der Waals surface area contributed by atoms with Crippen molar-refractivity contribution in [2.45, 2.75) is 9.79 Å². The zero-order chi connectivity index (χ0) is 21.8. The van der Waals surface area contributed by atoms with Crippen LogP contribution in [0, 0.1) is 0 Å². The first-order valence-electron chi connectivity index (χ1n) is 8.59. The van der Waals surface area contributed by atoms with Gasteiger partial charge in [0.1, 0.15) is 31.5 Å². The lowest BCUT2D eigenvalue weighted by molar-refractivity contribution is 0.417. The summed E-state index contributed by atoms with van der Waals surface area (Å²) in [6.45, 7) is 0. The molecular weight excluding hydrogens is 428 g/mol. The van der Waals surface area contributed by atoms with E-state index in [1.54, 1.807) is 36.4 Å². The fourth-order valence-electron chi connectivity index (χ4n) is 2.57. The summed E-state index contributed by atoms with van der Waals surface area (Å²) in [5.41, 5.74) is 0.207. The quantitative estimate of drug-likeness (QED) is 0.503. The van der Waals surface area contributed by atoms with E-state index in [9.17, 15) is 16.8 Å². The van der Waals surface area contributed by atoms with E-state index < -0.39 is 20.0 Å². The van der Waals surface area contributed by atoms with Crippen LogP contribution in [0.5, 0.6) is 11.5 Å². The molecule has 0 aliphatic carbocycles. The summed E-state index contributed by atoms with van der Waals surface area (Å²) in [6, 6.07) is 17.5. The molecule has 3 aromatic rings. The minimum Gasteiger partial charge on any atom is -0.570 e. The number of methoxy groups -OCH3 is 2. The van der Waals surface area contributed by atoms with Gasteiger partial charge >= 0.3 is 0 Å². The van der Waals surface area contributed by atoms with E-state index in [1.165, 1.54) is 44.6 Å². The van der Waals surface area contributed by atoms with Crippen molar-refractivity contribution < 1.29 is 26.3 Å². The zero-order valence-electron chi connectivity index (χ0n) is 16.1. The van der Waals surface area contributed by atoms with Gasteiger partial charge in [-0.2, -0.15) is 0 Å². The van der Waals surface area contributed by atoms with Crippen LogP contribution in [0.3, 0.4) is 0 Å². The largest absolute Gasteiger partial charge is 0.570 e. The van der Waals surface area contributed by atoms with Crippen LogP contribution in [-0.2, 0) is 20.0 Å². The highest BCUT2D eigenvalue weighted by Crippen LogP contribution is 2.38. The third kappa shape index (κ3) is 4.66. The number of hydrogen-bond donors (Lipinski definition) is 0. The van der Waals surface area contributed by atoms with Crippen LogP contribution in [0.1, 0.15) is 0 Å². The highest BCUT2D eigenvalue weighted by molar-refractivity contribution is 7.95. The Hall–Kier alpha value is -3.24. The second kappa shape index (κ2) is 8.64. The maximum Gasteiger partial charge on any atom is 0.123 e. The highest BCUT2D eigenvalue weighted by Gasteiger charge is 2.12. The molecular formula is C20H18N2O6S2-2. The molecule has 0 atom stereocenters. The average Bonchev–Trinajstić information content (AvgIpc) is 2.74. The van der Waals surface area contributed by atoms with Crippen LogP contribution in [0.2, 0.25) is 0 Å². The molecule has 0 fully saturated rings. The molecule has 0 bridgehead atoms. The standard InChI is InChI=1S/C20H18N2O6S2/c1-27-19-12-5-3-10-17(19)21-29(23,24)15-8-7-9-16(14-15)30(25,26)22-18-11-4-6-13-20(18)28-2/h3-14H,1-2H3/q-2. The molecule has 0 saturated carbocycles. The molecule has 10 heteroatoms. The van der Waals surface area contributed by atoms with Gasteiger partial charge in [-0.1, -0.05) is 53.8 Å². The van der Waals surface area contributed by atoms with Crippen molar-refractivity contribution in [1.82, 2.24) is 0 Å². The first-order chi connectivity index (χ1) is 14.3. The summed E-state index contributed by atoms with van der Waals surface area (Å²) >= 11 is 0. The molecule has 0 aromatic heterocycles. The Morgan fingerprint density at radius 2 is 1.00 bits per heavy atom. The molecule has 30 heavy (non-hydrogen) atoms. The first kappa shape index (κ1) is 21.5. The summed E-state index contributed by atoms with van der Waals surface area (Å²) < 4.78 is 68.7. The lowest BCUT2D eigenvalue weighted by Gasteiger charge is -2.26. The van der Waals surface area contributed by atoms with Gasteiger partial charge in [0.05, 0.1) is 24.0 Å². The topological polar surface area (TPSA) is 115 Å². The molecule has 0 spiro atoms. The monoisotopic (exact) mass is 446 g/mol. The van der Waals surface area contributed by atoms with Gasteiger partial charge < -0.3 is 18.9 Å². The fraction of sp³-hybridized carbons (Fsp3) is 0.100. The van der Waals surface area contributed by atoms with Crippen molar-refractivity contribution >= 4 is 31.4 Å². The maximum absolute atomic E-state index is 12.7. The second-order valence-corrected chi connectivity index (χ2v) is 9.16. The molecule has 0 unspecified atom stereocenters. The minimum absolute atomic E-state index is 0.104. The number of para-hydroxylation sites is 2. The molecule has 3 rings (SSSR count). The summed E-state index contributed by atoms with van der Waals surface area (Å²) in [7, 11) is -5.61. The molecule has 0 N–H and O–H groups in total. The van der Waals surface area contributed by atoms with E-state index in [0.29, 0.717) is 0 Å². The highest BCUT2D eigenvalue weighted by atomic mass is 32.2. The SMILES string of the molecule is COc1ccccc1[N-]S(=O)(=O)c1cccc(S(=O)(=O)[N-]c2ccccc2OC)c1. The van der Waals surface area contributed by atoms with E-state index in [1.807, 2.05) is 0 Å². The molecule has 8 nitrogen and oxygen atoms in total. The van der Waals surface area contributed by atoms with E-state index >= 15 is 0 Å². The Bertz CT molecular complexity index is 1160. The number of rotatable bonds is 8. The summed E-state index contributed by atoms with van der Waals surface area (Å²) in [5.74, 6) is 0.548. The summed E-state index contributed by atoms with van der Waals surface area (Å²) in [5, 5.41) is 0. The minimum atomic E-state index is -4.20. The van der Waals surface area contributed by atoms with Gasteiger partial charge in [0.25, 0.3) is 0 Å². The molecule has 0 saturated heterocycles. The van der Waals surface area contributed by atoms with Crippen molar-refractivity contribution in [2.75, 3.05) is 14.2 Å². The Kier molecular flexibility index (Phi) is 6.18. The molecule has 0 heterocycles. The predicted octanol–water partition coefficient (Wildman–Crippen LogP) is 4.49. The average molecular weight is 447 g/mol. The third-order valence-corrected chi connectivity index (χ3v) is 6.58. The number of sulfonamides is 2. The molecule has 0 amide bonds. The third-order valence-electron chi connectivity index (χ3n) is 4.01. The number of hydrogen-bond acceptors (Lipinski definition) is 6. The van der Waals surface area contributed by atoms with Gasteiger partial charge in [-0.25, -0.2) is 16.8 Å². The van der Waals surface area contributed by atoms with E-state index in [0.717, 1.165) is 6.07 Å². The zero-order valence-corrected chi connectivity index (χ0v) is 17.7. The van der Waals surface area contributed by atoms with Crippen LogP contribution in [-0.4, -0.2) is 31.1 Å². The van der Waals surface area contributed by atoms with Crippen molar-refractivity contribution in [3.05, 3.63) is 82.2 Å². The van der Waals surface area contributed by atoms with Gasteiger partial charge in [0.15, 0.2) is 0 Å². The normalized spacial score (nSPS) is 11.5. The number of ether oxygens (including phenoxy) is 2. The van der Waals surface area contributed by atoms with E-state index in [-0.39, 0.29) is 32.7 Å². The fourth-order valence-corrected chi connectivity index (χ4v) is 4.73. The smallest absolute Gasteiger partial charge is 0.123 e. The van der Waals surface area contributed by atoms with Gasteiger partial charge in [-0.05, 0) is 30.3 Å². The van der Waals surface area contributed by atoms with E-state index in [4.69, 9.17) is 9.47 Å². The van der Waals surface area contributed by atoms with Gasteiger partial charge in [0, 0.05) is 0 Å². The lowest BCUT2D eigenvalue weighted by Crippen LogP contribution is -2.03. The lowest BCUT2D eigenvalue weighted by atomic mass is 10.3. The first-order valence-corrected chi connectivity index (χ1v) is 11.5. The summed E-state index contributed by atoms with van der Waals surface area (Å²) in [6.07, 6.45) is 0. The Morgan fingerprint density at radius 3 is 1.40 bits per heavy atom. The Morgan fingerprint density at radius 1 is 0.600 bits per heavy atom. The summed E-state index contributed by atoms with van der Waals surface area (Å²) in [4.78, 5) is -0.575. The van der Waals surface area contributed by atoms with Crippen molar-refractivity contribution in [2.24, 2.45) is 0 Å². The van der Waals surface area contributed by atoms with Crippen LogP contribution in [0.4, 0.5) is 11.4 Å². The molecule has 158 valence electrons. The molecule has 0 aliphatic rings. The maximum atomic E-state index is 12.7.